The lowest BCUT2D eigenvalue weighted by atomic mass is 9.90. The molecule has 1 aliphatic rings. The van der Waals surface area contributed by atoms with Gasteiger partial charge in [0.1, 0.15) is 0 Å². The zero-order valence-electron chi connectivity index (χ0n) is 11.9. The van der Waals surface area contributed by atoms with Crippen molar-refractivity contribution in [3.05, 3.63) is 18.2 Å². The molecule has 0 spiro atoms. The molecule has 4 heteroatoms. The number of rotatable bonds is 5. The van der Waals surface area contributed by atoms with Crippen molar-refractivity contribution in [3.63, 3.8) is 0 Å². The smallest absolute Gasteiger partial charge is 0.0948 e. The standard InChI is InChI=1S/C14H26N4/c1-4-18-11-16-9-14(18)10-17(3)13-7-5-12(15-2)6-8-13/h9,11-13,15H,4-8,10H2,1-3H3. The van der Waals surface area contributed by atoms with Crippen LogP contribution in [-0.2, 0) is 13.1 Å². The van der Waals surface area contributed by atoms with Gasteiger partial charge in [-0.25, -0.2) is 4.98 Å². The Morgan fingerprint density at radius 3 is 2.72 bits per heavy atom. The normalized spacial score (nSPS) is 24.7. The fourth-order valence-corrected chi connectivity index (χ4v) is 2.95. The first-order chi connectivity index (χ1) is 8.74. The topological polar surface area (TPSA) is 33.1 Å². The highest BCUT2D eigenvalue weighted by Crippen LogP contribution is 2.23. The van der Waals surface area contributed by atoms with Crippen LogP contribution in [0.2, 0.25) is 0 Å². The number of hydrogen-bond donors (Lipinski definition) is 1. The monoisotopic (exact) mass is 250 g/mol. The van der Waals surface area contributed by atoms with Gasteiger partial charge in [-0.1, -0.05) is 0 Å². The molecule has 4 nitrogen and oxygen atoms in total. The van der Waals surface area contributed by atoms with Crippen LogP contribution in [0.5, 0.6) is 0 Å². The third-order valence-corrected chi connectivity index (χ3v) is 4.28. The summed E-state index contributed by atoms with van der Waals surface area (Å²) >= 11 is 0. The summed E-state index contributed by atoms with van der Waals surface area (Å²) in [6.45, 7) is 4.20. The van der Waals surface area contributed by atoms with Crippen molar-refractivity contribution in [2.45, 2.75) is 57.8 Å². The molecule has 0 bridgehead atoms. The zero-order valence-corrected chi connectivity index (χ0v) is 11.9. The van der Waals surface area contributed by atoms with Crippen molar-refractivity contribution in [2.75, 3.05) is 14.1 Å². The van der Waals surface area contributed by atoms with Crippen molar-refractivity contribution in [1.82, 2.24) is 19.8 Å². The Hall–Kier alpha value is -0.870. The summed E-state index contributed by atoms with van der Waals surface area (Å²) in [5.41, 5.74) is 1.33. The summed E-state index contributed by atoms with van der Waals surface area (Å²) in [7, 11) is 4.33. The number of aromatic nitrogens is 2. The Morgan fingerprint density at radius 1 is 1.39 bits per heavy atom. The molecule has 18 heavy (non-hydrogen) atoms. The van der Waals surface area contributed by atoms with E-state index in [0.717, 1.165) is 25.2 Å². The second-order valence-corrected chi connectivity index (χ2v) is 5.38. The van der Waals surface area contributed by atoms with E-state index < -0.39 is 0 Å². The quantitative estimate of drug-likeness (QED) is 0.866. The molecule has 1 N–H and O–H groups in total. The predicted molar refractivity (Wildman–Crippen MR) is 74.5 cm³/mol. The number of aryl methyl sites for hydroxylation is 1. The van der Waals surface area contributed by atoms with E-state index >= 15 is 0 Å². The average Bonchev–Trinajstić information content (AvgIpc) is 2.86. The van der Waals surface area contributed by atoms with Crippen molar-refractivity contribution in [1.29, 1.82) is 0 Å². The lowest BCUT2D eigenvalue weighted by Gasteiger charge is -2.34. The third-order valence-electron chi connectivity index (χ3n) is 4.28. The van der Waals surface area contributed by atoms with E-state index in [1.54, 1.807) is 0 Å². The number of hydrogen-bond acceptors (Lipinski definition) is 3. The molecule has 0 aromatic carbocycles. The van der Waals surface area contributed by atoms with Crippen LogP contribution in [0.4, 0.5) is 0 Å². The number of nitrogens with zero attached hydrogens (tertiary/aromatic N) is 3. The molecule has 0 radical (unpaired) electrons. The molecule has 0 atom stereocenters. The number of nitrogens with one attached hydrogen (secondary N) is 1. The lowest BCUT2D eigenvalue weighted by Crippen LogP contribution is -2.39. The Labute approximate surface area is 110 Å². The average molecular weight is 250 g/mol. The first kappa shape index (κ1) is 13.6. The van der Waals surface area contributed by atoms with E-state index in [4.69, 9.17) is 0 Å². The molecule has 1 aliphatic carbocycles. The van der Waals surface area contributed by atoms with Crippen LogP contribution in [0, 0.1) is 0 Å². The summed E-state index contributed by atoms with van der Waals surface area (Å²) in [6.07, 6.45) is 9.15. The summed E-state index contributed by atoms with van der Waals surface area (Å²) in [5.74, 6) is 0. The van der Waals surface area contributed by atoms with E-state index in [0.29, 0.717) is 0 Å². The van der Waals surface area contributed by atoms with Gasteiger partial charge in [0, 0.05) is 31.4 Å². The van der Waals surface area contributed by atoms with Gasteiger partial charge in [-0.15, -0.1) is 0 Å². The first-order valence-corrected chi connectivity index (χ1v) is 7.11. The summed E-state index contributed by atoms with van der Waals surface area (Å²) < 4.78 is 2.23. The molecule has 1 aromatic rings. The van der Waals surface area contributed by atoms with Gasteiger partial charge in [0.25, 0.3) is 0 Å². The van der Waals surface area contributed by atoms with Crippen LogP contribution in [0.25, 0.3) is 0 Å². The first-order valence-electron chi connectivity index (χ1n) is 7.11. The maximum atomic E-state index is 4.24. The lowest BCUT2D eigenvalue weighted by molar-refractivity contribution is 0.167. The molecule has 0 unspecified atom stereocenters. The molecule has 0 aliphatic heterocycles. The van der Waals surface area contributed by atoms with Gasteiger partial charge in [0.05, 0.1) is 12.0 Å². The van der Waals surface area contributed by atoms with Crippen molar-refractivity contribution in [2.24, 2.45) is 0 Å². The second-order valence-electron chi connectivity index (χ2n) is 5.38. The van der Waals surface area contributed by atoms with E-state index in [-0.39, 0.29) is 0 Å². The van der Waals surface area contributed by atoms with Crippen LogP contribution in [0.1, 0.15) is 38.3 Å². The minimum Gasteiger partial charge on any atom is -0.334 e. The summed E-state index contributed by atoms with van der Waals surface area (Å²) in [4.78, 5) is 6.74. The minimum atomic E-state index is 0.731. The van der Waals surface area contributed by atoms with Gasteiger partial charge >= 0.3 is 0 Å². The fraction of sp³-hybridized carbons (Fsp3) is 0.786. The van der Waals surface area contributed by atoms with Gasteiger partial charge in [0.15, 0.2) is 0 Å². The largest absolute Gasteiger partial charge is 0.334 e. The fourth-order valence-electron chi connectivity index (χ4n) is 2.95. The van der Waals surface area contributed by atoms with E-state index in [2.05, 4.69) is 40.8 Å². The van der Waals surface area contributed by atoms with E-state index in [9.17, 15) is 0 Å². The van der Waals surface area contributed by atoms with Crippen LogP contribution in [0.3, 0.4) is 0 Å². The van der Waals surface area contributed by atoms with Crippen LogP contribution in [-0.4, -0.2) is 40.6 Å². The molecule has 2 rings (SSSR count). The van der Waals surface area contributed by atoms with Gasteiger partial charge in [-0.2, -0.15) is 0 Å². The van der Waals surface area contributed by atoms with E-state index in [1.807, 2.05) is 12.5 Å². The van der Waals surface area contributed by atoms with Gasteiger partial charge in [-0.05, 0) is 46.7 Å². The van der Waals surface area contributed by atoms with Crippen LogP contribution < -0.4 is 5.32 Å². The molecule has 102 valence electrons. The Kier molecular flexibility index (Phi) is 4.78. The van der Waals surface area contributed by atoms with Gasteiger partial charge < -0.3 is 9.88 Å². The molecule has 1 aromatic heterocycles. The SMILES string of the molecule is CCn1cncc1CN(C)C1CCC(NC)CC1. The molecular formula is C14H26N4. The van der Waals surface area contributed by atoms with Gasteiger partial charge in [-0.3, -0.25) is 4.90 Å². The molecule has 1 saturated carbocycles. The Morgan fingerprint density at radius 2 is 2.11 bits per heavy atom. The number of imidazole rings is 1. The highest BCUT2D eigenvalue weighted by atomic mass is 15.2. The van der Waals surface area contributed by atoms with Crippen molar-refractivity contribution in [3.8, 4) is 0 Å². The Bertz CT molecular complexity index is 352. The van der Waals surface area contributed by atoms with E-state index in [1.165, 1.54) is 31.4 Å². The summed E-state index contributed by atoms with van der Waals surface area (Å²) in [6, 6.07) is 1.46. The maximum absolute atomic E-state index is 4.24. The highest BCUT2D eigenvalue weighted by molar-refractivity contribution is 4.98. The molecule has 0 saturated heterocycles. The highest BCUT2D eigenvalue weighted by Gasteiger charge is 2.23. The molecule has 1 heterocycles. The predicted octanol–water partition coefficient (Wildman–Crippen LogP) is 1.87. The van der Waals surface area contributed by atoms with Gasteiger partial charge in [0.2, 0.25) is 0 Å². The van der Waals surface area contributed by atoms with Crippen LogP contribution in [0.15, 0.2) is 12.5 Å². The molecular weight excluding hydrogens is 224 g/mol. The summed E-state index contributed by atoms with van der Waals surface area (Å²) in [5, 5.41) is 3.39. The second kappa shape index (κ2) is 6.34. The minimum absolute atomic E-state index is 0.731. The van der Waals surface area contributed by atoms with Crippen molar-refractivity contribution >= 4 is 0 Å². The van der Waals surface area contributed by atoms with Crippen molar-refractivity contribution < 1.29 is 0 Å². The third kappa shape index (κ3) is 3.12. The molecule has 1 fully saturated rings. The zero-order chi connectivity index (χ0) is 13.0. The van der Waals surface area contributed by atoms with Crippen LogP contribution >= 0.6 is 0 Å². The maximum Gasteiger partial charge on any atom is 0.0948 e. The molecule has 0 amide bonds. The Balaban J connectivity index is 1.87.